The monoisotopic (exact) mass is 372 g/mol. The lowest BCUT2D eigenvalue weighted by atomic mass is 9.64. The summed E-state index contributed by atoms with van der Waals surface area (Å²) in [5.74, 6) is -2.95. The van der Waals surface area contributed by atoms with Gasteiger partial charge in [-0.1, -0.05) is 29.8 Å². The summed E-state index contributed by atoms with van der Waals surface area (Å²) in [5.41, 5.74) is -0.0496. The van der Waals surface area contributed by atoms with E-state index in [-0.39, 0.29) is 12.3 Å². The van der Waals surface area contributed by atoms with Crippen LogP contribution < -0.4 is 5.32 Å². The maximum absolute atomic E-state index is 13.0. The Labute approximate surface area is 155 Å². The molecular formula is C19H20N2O6. The van der Waals surface area contributed by atoms with Gasteiger partial charge in [0, 0.05) is 17.4 Å². The highest BCUT2D eigenvalue weighted by Crippen LogP contribution is 2.51. The standard InChI is InChI=1S/C19H20N2O6/c1-12-5-7-13(8-6-12)14-10-20-17(22)19(14,18(23)26-2)15(11-21(24)25)16-4-3-9-27-16/h3-9,14-15H,10-11H2,1-2H3,(H,20,22)/t14-,15+,19-/m1/s1. The molecule has 8 nitrogen and oxygen atoms in total. The molecule has 3 rings (SSSR count). The summed E-state index contributed by atoms with van der Waals surface area (Å²) < 4.78 is 10.4. The summed E-state index contributed by atoms with van der Waals surface area (Å²) in [4.78, 5) is 36.8. The Morgan fingerprint density at radius 3 is 2.67 bits per heavy atom. The second-order valence-electron chi connectivity index (χ2n) is 6.62. The molecule has 8 heteroatoms. The van der Waals surface area contributed by atoms with Crippen molar-refractivity contribution in [1.82, 2.24) is 5.32 Å². The minimum atomic E-state index is -1.80. The number of nitro groups is 1. The minimum absolute atomic E-state index is 0.173. The second-order valence-corrected chi connectivity index (χ2v) is 6.62. The molecule has 2 aromatic rings. The number of carbonyl (C=O) groups is 2. The van der Waals surface area contributed by atoms with E-state index >= 15 is 0 Å². The van der Waals surface area contributed by atoms with Crippen LogP contribution in [0, 0.1) is 22.5 Å². The lowest BCUT2D eigenvalue weighted by molar-refractivity contribution is -0.486. The quantitative estimate of drug-likeness (QED) is 0.359. The number of aryl methyl sites for hydroxylation is 1. The third-order valence-electron chi connectivity index (χ3n) is 5.16. The molecule has 1 aliphatic heterocycles. The smallest absolute Gasteiger partial charge is 0.323 e. The summed E-state index contributed by atoms with van der Waals surface area (Å²) in [6.45, 7) is 1.46. The SMILES string of the molecule is COC(=O)[C@]1([C@@H](C[N+](=O)[O-])c2ccco2)C(=O)NC[C@@H]1c1ccc(C)cc1. The first-order valence-corrected chi connectivity index (χ1v) is 8.49. The molecule has 0 aliphatic carbocycles. The number of hydrogen-bond donors (Lipinski definition) is 1. The molecule has 1 fully saturated rings. The van der Waals surface area contributed by atoms with Crippen molar-refractivity contribution in [2.75, 3.05) is 20.2 Å². The number of benzene rings is 1. The molecule has 1 amide bonds. The number of nitrogens with zero attached hydrogens (tertiary/aromatic N) is 1. The van der Waals surface area contributed by atoms with Gasteiger partial charge < -0.3 is 14.5 Å². The van der Waals surface area contributed by atoms with Crippen molar-refractivity contribution in [3.8, 4) is 0 Å². The molecule has 0 radical (unpaired) electrons. The first-order chi connectivity index (χ1) is 12.9. The number of methoxy groups -OCH3 is 1. The molecule has 0 bridgehead atoms. The Kier molecular flexibility index (Phi) is 4.98. The van der Waals surface area contributed by atoms with Crippen molar-refractivity contribution in [3.63, 3.8) is 0 Å². The first kappa shape index (κ1) is 18.6. The lowest BCUT2D eigenvalue weighted by Crippen LogP contribution is -2.49. The van der Waals surface area contributed by atoms with Gasteiger partial charge in [-0.05, 0) is 24.6 Å². The zero-order chi connectivity index (χ0) is 19.6. The number of hydrogen-bond acceptors (Lipinski definition) is 6. The van der Waals surface area contributed by atoms with E-state index in [2.05, 4.69) is 5.32 Å². The summed E-state index contributed by atoms with van der Waals surface area (Å²) in [6.07, 6.45) is 1.36. The van der Waals surface area contributed by atoms with Gasteiger partial charge in [0.2, 0.25) is 12.5 Å². The Morgan fingerprint density at radius 2 is 2.11 bits per heavy atom. The largest absolute Gasteiger partial charge is 0.469 e. The van der Waals surface area contributed by atoms with E-state index in [4.69, 9.17) is 9.15 Å². The normalized spacial score (nSPS) is 22.9. The number of furan rings is 1. The Morgan fingerprint density at radius 1 is 1.41 bits per heavy atom. The maximum Gasteiger partial charge on any atom is 0.323 e. The fraction of sp³-hybridized carbons (Fsp3) is 0.368. The molecule has 1 N–H and O–H groups in total. The molecule has 1 saturated heterocycles. The Balaban J connectivity index is 2.21. The van der Waals surface area contributed by atoms with Crippen LogP contribution in [0.3, 0.4) is 0 Å². The summed E-state index contributed by atoms with van der Waals surface area (Å²) in [5, 5.41) is 14.1. The number of carbonyl (C=O) groups excluding carboxylic acids is 2. The number of nitrogens with one attached hydrogen (secondary N) is 1. The van der Waals surface area contributed by atoms with Crippen LogP contribution in [0.25, 0.3) is 0 Å². The van der Waals surface area contributed by atoms with Crippen LogP contribution in [0.5, 0.6) is 0 Å². The van der Waals surface area contributed by atoms with Crippen LogP contribution in [-0.2, 0) is 14.3 Å². The van der Waals surface area contributed by atoms with Gasteiger partial charge in [0.05, 0.1) is 13.4 Å². The Hall–Kier alpha value is -3.16. The van der Waals surface area contributed by atoms with Gasteiger partial charge in [-0.25, -0.2) is 0 Å². The van der Waals surface area contributed by atoms with E-state index in [1.165, 1.54) is 19.4 Å². The number of ether oxygens (including phenoxy) is 1. The van der Waals surface area contributed by atoms with Crippen molar-refractivity contribution in [2.24, 2.45) is 5.41 Å². The molecule has 1 aromatic carbocycles. The second kappa shape index (κ2) is 7.22. The van der Waals surface area contributed by atoms with Gasteiger partial charge in [0.15, 0.2) is 5.41 Å². The predicted octanol–water partition coefficient (Wildman–Crippen LogP) is 2.02. The van der Waals surface area contributed by atoms with Gasteiger partial charge in [-0.15, -0.1) is 0 Å². The van der Waals surface area contributed by atoms with Crippen molar-refractivity contribution in [2.45, 2.75) is 18.8 Å². The summed E-state index contributed by atoms with van der Waals surface area (Å²) in [7, 11) is 1.17. The third kappa shape index (κ3) is 3.07. The molecule has 1 aromatic heterocycles. The van der Waals surface area contributed by atoms with Crippen molar-refractivity contribution in [3.05, 3.63) is 69.7 Å². The van der Waals surface area contributed by atoms with Gasteiger partial charge in [-0.3, -0.25) is 19.7 Å². The molecule has 0 saturated carbocycles. The van der Waals surface area contributed by atoms with Gasteiger partial charge in [0.1, 0.15) is 11.7 Å². The molecule has 27 heavy (non-hydrogen) atoms. The Bertz CT molecular complexity index is 846. The highest BCUT2D eigenvalue weighted by Gasteiger charge is 2.64. The molecule has 0 unspecified atom stereocenters. The molecular weight excluding hydrogens is 352 g/mol. The molecule has 142 valence electrons. The van der Waals surface area contributed by atoms with Crippen molar-refractivity contribution in [1.29, 1.82) is 0 Å². The highest BCUT2D eigenvalue weighted by atomic mass is 16.6. The minimum Gasteiger partial charge on any atom is -0.469 e. The summed E-state index contributed by atoms with van der Waals surface area (Å²) in [6, 6.07) is 10.5. The zero-order valence-electron chi connectivity index (χ0n) is 15.0. The van der Waals surface area contributed by atoms with Crippen molar-refractivity contribution < 1.29 is 23.7 Å². The third-order valence-corrected chi connectivity index (χ3v) is 5.16. The number of esters is 1. The lowest BCUT2D eigenvalue weighted by Gasteiger charge is -2.34. The van der Waals surface area contributed by atoms with Crippen LogP contribution in [0.2, 0.25) is 0 Å². The van der Waals surface area contributed by atoms with E-state index < -0.39 is 40.6 Å². The zero-order valence-corrected chi connectivity index (χ0v) is 15.0. The molecule has 3 atom stereocenters. The topological polar surface area (TPSA) is 112 Å². The number of rotatable bonds is 6. The van der Waals surface area contributed by atoms with Crippen molar-refractivity contribution >= 4 is 11.9 Å². The fourth-order valence-electron chi connectivity index (χ4n) is 3.88. The van der Waals surface area contributed by atoms with Crippen LogP contribution in [0.4, 0.5) is 0 Å². The van der Waals surface area contributed by atoms with Crippen LogP contribution >= 0.6 is 0 Å². The fourth-order valence-corrected chi connectivity index (χ4v) is 3.88. The maximum atomic E-state index is 13.0. The van der Waals surface area contributed by atoms with E-state index in [0.29, 0.717) is 0 Å². The van der Waals surface area contributed by atoms with Gasteiger partial charge >= 0.3 is 5.97 Å². The van der Waals surface area contributed by atoms with E-state index in [1.54, 1.807) is 6.07 Å². The first-order valence-electron chi connectivity index (χ1n) is 8.49. The van der Waals surface area contributed by atoms with Gasteiger partial charge in [-0.2, -0.15) is 0 Å². The highest BCUT2D eigenvalue weighted by molar-refractivity contribution is 6.06. The van der Waals surface area contributed by atoms with E-state index in [1.807, 2.05) is 31.2 Å². The van der Waals surface area contributed by atoms with Gasteiger partial charge in [0.25, 0.3) is 0 Å². The summed E-state index contributed by atoms with van der Waals surface area (Å²) >= 11 is 0. The average Bonchev–Trinajstić information content (AvgIpc) is 3.28. The average molecular weight is 372 g/mol. The van der Waals surface area contributed by atoms with Crippen LogP contribution in [-0.4, -0.2) is 37.0 Å². The molecule has 2 heterocycles. The molecule has 1 aliphatic rings. The van der Waals surface area contributed by atoms with Crippen LogP contribution in [0.15, 0.2) is 47.1 Å². The van der Waals surface area contributed by atoms with Crippen LogP contribution in [0.1, 0.15) is 28.7 Å². The number of amides is 1. The molecule has 0 spiro atoms. The van der Waals surface area contributed by atoms with E-state index in [9.17, 15) is 19.7 Å². The van der Waals surface area contributed by atoms with E-state index in [0.717, 1.165) is 11.1 Å². The predicted molar refractivity (Wildman–Crippen MR) is 94.7 cm³/mol.